The van der Waals surface area contributed by atoms with Crippen LogP contribution < -0.4 is 10.6 Å². The van der Waals surface area contributed by atoms with Crippen molar-refractivity contribution in [3.63, 3.8) is 0 Å². The summed E-state index contributed by atoms with van der Waals surface area (Å²) in [6, 6.07) is 3.12. The Morgan fingerprint density at radius 1 is 1.33 bits per heavy atom. The number of furan rings is 1. The van der Waals surface area contributed by atoms with Gasteiger partial charge in [-0.2, -0.15) is 0 Å². The predicted molar refractivity (Wildman–Crippen MR) is 86.2 cm³/mol. The highest BCUT2D eigenvalue weighted by atomic mass is 32.2. The van der Waals surface area contributed by atoms with E-state index in [0.717, 1.165) is 37.4 Å². The molecule has 128 valence electrons. The number of thioether (sulfide) groups is 1. The zero-order chi connectivity index (χ0) is 16.9. The Bertz CT molecular complexity index is 694. The van der Waals surface area contributed by atoms with Crippen LogP contribution >= 0.6 is 11.8 Å². The Kier molecular flexibility index (Phi) is 5.19. The van der Waals surface area contributed by atoms with Gasteiger partial charge in [0.1, 0.15) is 0 Å². The molecule has 0 spiro atoms. The van der Waals surface area contributed by atoms with Crippen LogP contribution in [-0.4, -0.2) is 33.4 Å². The van der Waals surface area contributed by atoms with Crippen molar-refractivity contribution in [2.75, 3.05) is 0 Å². The van der Waals surface area contributed by atoms with Gasteiger partial charge in [-0.3, -0.25) is 10.1 Å². The van der Waals surface area contributed by atoms with Gasteiger partial charge in [0.25, 0.3) is 11.1 Å². The molecule has 24 heavy (non-hydrogen) atoms. The number of aromatic nitrogens is 2. The molecule has 0 aliphatic heterocycles. The SMILES string of the molecule is CC(Sc1nnc(-c2ccco2)o1)C(=O)NC(=O)NC1CCCC1. The molecule has 0 aromatic carbocycles. The fourth-order valence-corrected chi connectivity index (χ4v) is 3.15. The van der Waals surface area contributed by atoms with Gasteiger partial charge in [-0.1, -0.05) is 24.6 Å². The third-order valence-corrected chi connectivity index (χ3v) is 4.65. The summed E-state index contributed by atoms with van der Waals surface area (Å²) in [5.41, 5.74) is 0. The van der Waals surface area contributed by atoms with E-state index in [1.165, 1.54) is 6.26 Å². The first-order valence-electron chi connectivity index (χ1n) is 7.77. The Morgan fingerprint density at radius 2 is 2.12 bits per heavy atom. The van der Waals surface area contributed by atoms with E-state index >= 15 is 0 Å². The molecule has 0 bridgehead atoms. The van der Waals surface area contributed by atoms with E-state index in [2.05, 4.69) is 20.8 Å². The number of carbonyl (C=O) groups is 2. The quantitative estimate of drug-likeness (QED) is 0.797. The molecule has 2 heterocycles. The molecular formula is C15H18N4O4S. The lowest BCUT2D eigenvalue weighted by Crippen LogP contribution is -2.45. The first kappa shape index (κ1) is 16.6. The molecule has 1 aliphatic carbocycles. The summed E-state index contributed by atoms with van der Waals surface area (Å²) in [7, 11) is 0. The maximum atomic E-state index is 12.1. The molecule has 2 N–H and O–H groups in total. The molecule has 8 nitrogen and oxygen atoms in total. The summed E-state index contributed by atoms with van der Waals surface area (Å²) in [6.45, 7) is 1.67. The number of rotatable bonds is 5. The minimum atomic E-state index is -0.552. The molecule has 2 aromatic rings. The van der Waals surface area contributed by atoms with E-state index in [4.69, 9.17) is 8.83 Å². The van der Waals surface area contributed by atoms with Gasteiger partial charge in [0.2, 0.25) is 5.91 Å². The predicted octanol–water partition coefficient (Wildman–Crippen LogP) is 2.58. The summed E-state index contributed by atoms with van der Waals surface area (Å²) in [6.07, 6.45) is 5.65. The molecule has 0 saturated heterocycles. The van der Waals surface area contributed by atoms with E-state index in [-0.39, 0.29) is 17.2 Å². The van der Waals surface area contributed by atoms with Crippen molar-refractivity contribution in [3.8, 4) is 11.7 Å². The molecule has 9 heteroatoms. The second kappa shape index (κ2) is 7.52. The van der Waals surface area contributed by atoms with Gasteiger partial charge in [-0.15, -0.1) is 10.2 Å². The average molecular weight is 350 g/mol. The monoisotopic (exact) mass is 350 g/mol. The molecule has 3 rings (SSSR count). The largest absolute Gasteiger partial charge is 0.459 e. The number of nitrogens with one attached hydrogen (secondary N) is 2. The van der Waals surface area contributed by atoms with Crippen LogP contribution in [0.25, 0.3) is 11.7 Å². The fraction of sp³-hybridized carbons (Fsp3) is 0.467. The van der Waals surface area contributed by atoms with Crippen LogP contribution in [0.1, 0.15) is 32.6 Å². The summed E-state index contributed by atoms with van der Waals surface area (Å²) >= 11 is 1.08. The molecule has 0 radical (unpaired) electrons. The number of hydrogen-bond acceptors (Lipinski definition) is 7. The molecular weight excluding hydrogens is 332 g/mol. The van der Waals surface area contributed by atoms with Crippen LogP contribution in [0.5, 0.6) is 0 Å². The van der Waals surface area contributed by atoms with Crippen LogP contribution in [0.2, 0.25) is 0 Å². The van der Waals surface area contributed by atoms with E-state index in [1.54, 1.807) is 19.1 Å². The molecule has 2 aromatic heterocycles. The maximum Gasteiger partial charge on any atom is 0.321 e. The molecule has 1 atom stereocenters. The third kappa shape index (κ3) is 4.16. The summed E-state index contributed by atoms with van der Waals surface area (Å²) in [5, 5.41) is 12.6. The van der Waals surface area contributed by atoms with Crippen LogP contribution in [0.15, 0.2) is 32.5 Å². The second-order valence-corrected chi connectivity index (χ2v) is 6.85. The Morgan fingerprint density at radius 3 is 2.83 bits per heavy atom. The minimum Gasteiger partial charge on any atom is -0.459 e. The van der Waals surface area contributed by atoms with Gasteiger partial charge in [0.15, 0.2) is 5.76 Å². The highest BCUT2D eigenvalue weighted by molar-refractivity contribution is 8.00. The van der Waals surface area contributed by atoms with Crippen molar-refractivity contribution in [2.45, 2.75) is 49.1 Å². The lowest BCUT2D eigenvalue weighted by molar-refractivity contribution is -0.119. The van der Waals surface area contributed by atoms with Gasteiger partial charge < -0.3 is 14.2 Å². The smallest absolute Gasteiger partial charge is 0.321 e. The van der Waals surface area contributed by atoms with E-state index in [9.17, 15) is 9.59 Å². The van der Waals surface area contributed by atoms with Crippen molar-refractivity contribution in [2.24, 2.45) is 0 Å². The molecule has 1 saturated carbocycles. The number of urea groups is 1. The molecule has 1 fully saturated rings. The average Bonchev–Trinajstić information content (AvgIpc) is 3.29. The van der Waals surface area contributed by atoms with Gasteiger partial charge in [0.05, 0.1) is 11.5 Å². The van der Waals surface area contributed by atoms with Crippen molar-refractivity contribution in [3.05, 3.63) is 18.4 Å². The molecule has 1 unspecified atom stereocenters. The Labute approximate surface area is 142 Å². The van der Waals surface area contributed by atoms with Crippen LogP contribution in [0.3, 0.4) is 0 Å². The van der Waals surface area contributed by atoms with Crippen molar-refractivity contribution in [1.82, 2.24) is 20.8 Å². The topological polar surface area (TPSA) is 110 Å². The minimum absolute atomic E-state index is 0.160. The maximum absolute atomic E-state index is 12.1. The Hall–Kier alpha value is -2.29. The fourth-order valence-electron chi connectivity index (χ4n) is 2.47. The van der Waals surface area contributed by atoms with E-state index in [1.807, 2.05) is 0 Å². The van der Waals surface area contributed by atoms with E-state index in [0.29, 0.717) is 5.76 Å². The van der Waals surface area contributed by atoms with E-state index < -0.39 is 17.2 Å². The molecule has 3 amide bonds. The number of carbonyl (C=O) groups excluding carboxylic acids is 2. The number of hydrogen-bond donors (Lipinski definition) is 2. The summed E-state index contributed by atoms with van der Waals surface area (Å²) in [5.74, 6) is 0.296. The Balaban J connectivity index is 1.49. The van der Waals surface area contributed by atoms with Crippen LogP contribution in [0.4, 0.5) is 4.79 Å². The zero-order valence-electron chi connectivity index (χ0n) is 13.2. The van der Waals surface area contributed by atoms with Gasteiger partial charge >= 0.3 is 6.03 Å². The molecule has 1 aliphatic rings. The first-order chi connectivity index (χ1) is 11.6. The lowest BCUT2D eigenvalue weighted by Gasteiger charge is -2.13. The number of nitrogens with zero attached hydrogens (tertiary/aromatic N) is 2. The van der Waals surface area contributed by atoms with Crippen LogP contribution in [-0.2, 0) is 4.79 Å². The third-order valence-electron chi connectivity index (χ3n) is 3.71. The summed E-state index contributed by atoms with van der Waals surface area (Å²) < 4.78 is 10.6. The zero-order valence-corrected chi connectivity index (χ0v) is 14.0. The van der Waals surface area contributed by atoms with Gasteiger partial charge in [-0.25, -0.2) is 4.79 Å². The van der Waals surface area contributed by atoms with Crippen LogP contribution in [0, 0.1) is 0 Å². The normalized spacial score (nSPS) is 16.0. The van der Waals surface area contributed by atoms with Crippen molar-refractivity contribution in [1.29, 1.82) is 0 Å². The van der Waals surface area contributed by atoms with Gasteiger partial charge in [-0.05, 0) is 31.9 Å². The first-order valence-corrected chi connectivity index (χ1v) is 8.65. The van der Waals surface area contributed by atoms with Gasteiger partial charge in [0, 0.05) is 6.04 Å². The number of imide groups is 1. The highest BCUT2D eigenvalue weighted by Gasteiger charge is 2.23. The lowest BCUT2D eigenvalue weighted by atomic mass is 10.2. The standard InChI is InChI=1S/C15H18N4O4S/c1-9(12(20)17-14(21)16-10-5-2-3-6-10)24-15-19-18-13(23-15)11-7-4-8-22-11/h4,7-10H,2-3,5-6H2,1H3,(H2,16,17,20,21). The van der Waals surface area contributed by atoms with Crippen molar-refractivity contribution >= 4 is 23.7 Å². The van der Waals surface area contributed by atoms with Crippen molar-refractivity contribution < 1.29 is 18.4 Å². The number of amides is 3. The summed E-state index contributed by atoms with van der Waals surface area (Å²) in [4.78, 5) is 23.9. The highest BCUT2D eigenvalue weighted by Crippen LogP contribution is 2.26. The second-order valence-electron chi connectivity index (χ2n) is 5.55.